The molecule has 5 rings (SSSR count). The highest BCUT2D eigenvalue weighted by molar-refractivity contribution is 5.68. The van der Waals surface area contributed by atoms with Gasteiger partial charge in [0, 0.05) is 12.4 Å². The van der Waals surface area contributed by atoms with Crippen molar-refractivity contribution in [3.63, 3.8) is 0 Å². The molecule has 1 aliphatic rings. The van der Waals surface area contributed by atoms with E-state index in [4.69, 9.17) is 4.74 Å². The first-order valence-electron chi connectivity index (χ1n) is 9.48. The molecule has 0 amide bonds. The van der Waals surface area contributed by atoms with Crippen molar-refractivity contribution in [3.8, 4) is 34.0 Å². The Morgan fingerprint density at radius 1 is 0.750 bits per heavy atom. The number of hydrogen-bond donors (Lipinski definition) is 0. The van der Waals surface area contributed by atoms with Gasteiger partial charge in [-0.1, -0.05) is 30.3 Å². The second-order valence-corrected chi connectivity index (χ2v) is 6.92. The van der Waals surface area contributed by atoms with Crippen LogP contribution in [0.3, 0.4) is 0 Å². The van der Waals surface area contributed by atoms with Crippen LogP contribution in [0.2, 0.25) is 0 Å². The van der Waals surface area contributed by atoms with Crippen molar-refractivity contribution < 1.29 is 4.74 Å². The first kappa shape index (κ1) is 16.6. The summed E-state index contributed by atoms with van der Waals surface area (Å²) in [6.45, 7) is 0. The Hall–Kier alpha value is -3.53. The van der Waals surface area contributed by atoms with E-state index in [0.717, 1.165) is 22.6 Å². The summed E-state index contributed by atoms with van der Waals surface area (Å²) in [5.74, 6) is 1.29. The Kier molecular flexibility index (Phi) is 4.30. The molecule has 0 spiro atoms. The van der Waals surface area contributed by atoms with Crippen LogP contribution in [0.1, 0.15) is 17.5 Å². The van der Waals surface area contributed by atoms with Gasteiger partial charge in [-0.25, -0.2) is 15.0 Å². The lowest BCUT2D eigenvalue weighted by Crippen LogP contribution is -1.93. The number of aryl methyl sites for hydroxylation is 2. The summed E-state index contributed by atoms with van der Waals surface area (Å²) in [4.78, 5) is 12.7. The molecule has 0 radical (unpaired) electrons. The van der Waals surface area contributed by atoms with Crippen LogP contribution in [0, 0.1) is 0 Å². The SMILES string of the molecule is c1cc(Oc2ncccc2-c2ccncn2)cc(-c2ccc3c(c2)CCC3)c1. The molecule has 4 nitrogen and oxygen atoms in total. The van der Waals surface area contributed by atoms with Crippen LogP contribution < -0.4 is 4.74 Å². The maximum Gasteiger partial charge on any atom is 0.228 e. The molecule has 2 aromatic heterocycles. The van der Waals surface area contributed by atoms with E-state index in [-0.39, 0.29) is 0 Å². The molecule has 0 aliphatic heterocycles. The van der Waals surface area contributed by atoms with Crippen LogP contribution in [0.25, 0.3) is 22.4 Å². The molecule has 0 unspecified atom stereocenters. The Balaban J connectivity index is 1.47. The minimum absolute atomic E-state index is 0.535. The lowest BCUT2D eigenvalue weighted by Gasteiger charge is -2.11. The van der Waals surface area contributed by atoms with E-state index in [1.165, 1.54) is 42.3 Å². The quantitative estimate of drug-likeness (QED) is 0.480. The molecule has 0 fully saturated rings. The Bertz CT molecular complexity index is 1130. The second kappa shape index (κ2) is 7.24. The third-order valence-electron chi connectivity index (χ3n) is 5.11. The number of pyridine rings is 1. The molecule has 0 bridgehead atoms. The van der Waals surface area contributed by atoms with Gasteiger partial charge in [0.05, 0.1) is 11.3 Å². The number of aromatic nitrogens is 3. The van der Waals surface area contributed by atoms with E-state index in [0.29, 0.717) is 5.88 Å². The van der Waals surface area contributed by atoms with Crippen molar-refractivity contribution in [2.45, 2.75) is 19.3 Å². The van der Waals surface area contributed by atoms with Crippen LogP contribution >= 0.6 is 0 Å². The number of fused-ring (bicyclic) bond motifs is 1. The molecule has 0 saturated carbocycles. The minimum atomic E-state index is 0.535. The highest BCUT2D eigenvalue weighted by Gasteiger charge is 2.13. The van der Waals surface area contributed by atoms with E-state index in [2.05, 4.69) is 45.3 Å². The lowest BCUT2D eigenvalue weighted by molar-refractivity contribution is 0.465. The average Bonchev–Trinajstić information content (AvgIpc) is 3.23. The fourth-order valence-corrected chi connectivity index (χ4v) is 3.72. The maximum atomic E-state index is 6.15. The zero-order valence-electron chi connectivity index (χ0n) is 15.4. The predicted octanol–water partition coefficient (Wildman–Crippen LogP) is 5.49. The predicted molar refractivity (Wildman–Crippen MR) is 109 cm³/mol. The monoisotopic (exact) mass is 365 g/mol. The third-order valence-corrected chi connectivity index (χ3v) is 5.11. The zero-order valence-corrected chi connectivity index (χ0v) is 15.4. The van der Waals surface area contributed by atoms with Gasteiger partial charge in [-0.2, -0.15) is 0 Å². The highest BCUT2D eigenvalue weighted by atomic mass is 16.5. The van der Waals surface area contributed by atoms with Crippen molar-refractivity contribution in [3.05, 3.63) is 90.5 Å². The normalized spacial score (nSPS) is 12.6. The molecule has 0 N–H and O–H groups in total. The van der Waals surface area contributed by atoms with E-state index in [9.17, 15) is 0 Å². The number of hydrogen-bond acceptors (Lipinski definition) is 4. The summed E-state index contributed by atoms with van der Waals surface area (Å²) in [6.07, 6.45) is 8.60. The minimum Gasteiger partial charge on any atom is -0.438 e. The van der Waals surface area contributed by atoms with Crippen molar-refractivity contribution in [1.82, 2.24) is 15.0 Å². The van der Waals surface area contributed by atoms with Crippen molar-refractivity contribution in [2.24, 2.45) is 0 Å². The van der Waals surface area contributed by atoms with E-state index < -0.39 is 0 Å². The van der Waals surface area contributed by atoms with Gasteiger partial charge >= 0.3 is 0 Å². The summed E-state index contributed by atoms with van der Waals surface area (Å²) in [5.41, 5.74) is 6.95. The molecule has 0 saturated heterocycles. The van der Waals surface area contributed by atoms with Crippen LogP contribution in [0.5, 0.6) is 11.6 Å². The number of rotatable bonds is 4. The van der Waals surface area contributed by atoms with Gasteiger partial charge in [0.25, 0.3) is 0 Å². The maximum absolute atomic E-state index is 6.15. The van der Waals surface area contributed by atoms with Gasteiger partial charge in [-0.3, -0.25) is 0 Å². The zero-order chi connectivity index (χ0) is 18.8. The first-order chi connectivity index (χ1) is 13.9. The fourth-order valence-electron chi connectivity index (χ4n) is 3.72. The van der Waals surface area contributed by atoms with Crippen LogP contribution in [0.15, 0.2) is 79.4 Å². The summed E-state index contributed by atoms with van der Waals surface area (Å²) >= 11 is 0. The lowest BCUT2D eigenvalue weighted by atomic mass is 10.0. The molecule has 136 valence electrons. The van der Waals surface area contributed by atoms with Crippen molar-refractivity contribution in [2.75, 3.05) is 0 Å². The molecule has 0 atom stereocenters. The molecule has 4 aromatic rings. The van der Waals surface area contributed by atoms with E-state index in [1.54, 1.807) is 12.4 Å². The van der Waals surface area contributed by atoms with E-state index in [1.807, 2.05) is 30.3 Å². The topological polar surface area (TPSA) is 47.9 Å². The molecular formula is C24H19N3O. The van der Waals surface area contributed by atoms with E-state index >= 15 is 0 Å². The molecule has 1 aliphatic carbocycles. The molecule has 28 heavy (non-hydrogen) atoms. The van der Waals surface area contributed by atoms with Crippen molar-refractivity contribution in [1.29, 1.82) is 0 Å². The van der Waals surface area contributed by atoms with Crippen LogP contribution in [-0.4, -0.2) is 15.0 Å². The van der Waals surface area contributed by atoms with Gasteiger partial charge < -0.3 is 4.74 Å². The number of ether oxygens (including phenoxy) is 1. The number of benzene rings is 2. The molecule has 2 aromatic carbocycles. The molecule has 4 heteroatoms. The number of nitrogens with zero attached hydrogens (tertiary/aromatic N) is 3. The van der Waals surface area contributed by atoms with Crippen LogP contribution in [-0.2, 0) is 12.8 Å². The largest absolute Gasteiger partial charge is 0.438 e. The summed E-state index contributed by atoms with van der Waals surface area (Å²) < 4.78 is 6.15. The summed E-state index contributed by atoms with van der Waals surface area (Å²) in [6, 6.07) is 20.6. The Labute approximate surface area is 163 Å². The standard InChI is InChI=1S/C24H19N3O/c1-4-17-9-10-20(14-18(17)5-1)19-6-2-7-21(15-19)28-24-22(8-3-12-26-24)23-11-13-25-16-27-23/h2-3,6-16H,1,4-5H2. The fraction of sp³-hybridized carbons (Fsp3) is 0.125. The first-order valence-corrected chi connectivity index (χ1v) is 9.48. The smallest absolute Gasteiger partial charge is 0.228 e. The molecular weight excluding hydrogens is 346 g/mol. The molecule has 2 heterocycles. The Morgan fingerprint density at radius 2 is 1.68 bits per heavy atom. The van der Waals surface area contributed by atoms with Gasteiger partial charge in [-0.05, 0) is 71.8 Å². The van der Waals surface area contributed by atoms with Gasteiger partial charge in [-0.15, -0.1) is 0 Å². The second-order valence-electron chi connectivity index (χ2n) is 6.92. The van der Waals surface area contributed by atoms with Crippen molar-refractivity contribution >= 4 is 0 Å². The summed E-state index contributed by atoms with van der Waals surface area (Å²) in [7, 11) is 0. The van der Waals surface area contributed by atoms with Gasteiger partial charge in [0.1, 0.15) is 12.1 Å². The van der Waals surface area contributed by atoms with Gasteiger partial charge in [0.2, 0.25) is 5.88 Å². The van der Waals surface area contributed by atoms with Gasteiger partial charge in [0.15, 0.2) is 0 Å². The van der Waals surface area contributed by atoms with Crippen LogP contribution in [0.4, 0.5) is 0 Å². The highest BCUT2D eigenvalue weighted by Crippen LogP contribution is 2.33. The Morgan fingerprint density at radius 3 is 2.61 bits per heavy atom. The third kappa shape index (κ3) is 3.25. The average molecular weight is 365 g/mol. The summed E-state index contributed by atoms with van der Waals surface area (Å²) in [5, 5.41) is 0.